The van der Waals surface area contributed by atoms with E-state index >= 15 is 0 Å². The van der Waals surface area contributed by atoms with Crippen molar-refractivity contribution in [1.82, 2.24) is 9.55 Å². The minimum absolute atomic E-state index is 0.137. The molecule has 4 nitrogen and oxygen atoms in total. The second-order valence-electron chi connectivity index (χ2n) is 7.15. The number of carbonyl (C=O) groups excluding carboxylic acids is 1. The van der Waals surface area contributed by atoms with Crippen LogP contribution in [-0.2, 0) is 16.3 Å². The van der Waals surface area contributed by atoms with Crippen LogP contribution in [0.15, 0.2) is 30.6 Å². The molecule has 0 amide bonds. The normalized spacial score (nSPS) is 13.0. The zero-order valence-corrected chi connectivity index (χ0v) is 14.9. The molecule has 1 aromatic carbocycles. The molecule has 124 valence electrons. The molecule has 0 N–H and O–H groups in total. The van der Waals surface area contributed by atoms with Gasteiger partial charge in [0.2, 0.25) is 0 Å². The lowest BCUT2D eigenvalue weighted by atomic mass is 9.94. The first-order chi connectivity index (χ1) is 10.7. The predicted octanol–water partition coefficient (Wildman–Crippen LogP) is 4.20. The van der Waals surface area contributed by atoms with Crippen molar-refractivity contribution in [2.45, 2.75) is 54.2 Å². The van der Waals surface area contributed by atoms with E-state index in [1.54, 1.807) is 6.20 Å². The van der Waals surface area contributed by atoms with Crippen LogP contribution in [0.2, 0.25) is 0 Å². The van der Waals surface area contributed by atoms with Crippen LogP contribution in [0.3, 0.4) is 0 Å². The SMILES string of the molecule is Cc1ccc(C)c(C(C)c2nccn2COC(=O)C(C)(C)C)c1. The van der Waals surface area contributed by atoms with Crippen LogP contribution in [0.5, 0.6) is 0 Å². The summed E-state index contributed by atoms with van der Waals surface area (Å²) in [6, 6.07) is 6.44. The summed E-state index contributed by atoms with van der Waals surface area (Å²) >= 11 is 0. The quantitative estimate of drug-likeness (QED) is 0.794. The molecule has 0 saturated carbocycles. The van der Waals surface area contributed by atoms with Gasteiger partial charge in [0, 0.05) is 18.3 Å². The van der Waals surface area contributed by atoms with Crippen molar-refractivity contribution in [3.8, 4) is 0 Å². The van der Waals surface area contributed by atoms with Crippen molar-refractivity contribution in [1.29, 1.82) is 0 Å². The van der Waals surface area contributed by atoms with Crippen LogP contribution in [0, 0.1) is 19.3 Å². The lowest BCUT2D eigenvalue weighted by Gasteiger charge is -2.20. The molecule has 1 aromatic heterocycles. The topological polar surface area (TPSA) is 44.1 Å². The first-order valence-corrected chi connectivity index (χ1v) is 7.95. The van der Waals surface area contributed by atoms with Gasteiger partial charge in [0.05, 0.1) is 5.41 Å². The van der Waals surface area contributed by atoms with Gasteiger partial charge in [-0.3, -0.25) is 4.79 Å². The highest BCUT2D eigenvalue weighted by Crippen LogP contribution is 2.27. The predicted molar refractivity (Wildman–Crippen MR) is 91.2 cm³/mol. The number of ether oxygens (including phenoxy) is 1. The first-order valence-electron chi connectivity index (χ1n) is 7.95. The fraction of sp³-hybridized carbons (Fsp3) is 0.474. The van der Waals surface area contributed by atoms with Crippen molar-refractivity contribution in [2.24, 2.45) is 5.41 Å². The van der Waals surface area contributed by atoms with Gasteiger partial charge >= 0.3 is 5.97 Å². The average molecular weight is 314 g/mol. The summed E-state index contributed by atoms with van der Waals surface area (Å²) in [4.78, 5) is 16.4. The van der Waals surface area contributed by atoms with Crippen molar-refractivity contribution >= 4 is 5.97 Å². The molecule has 0 aliphatic rings. The Labute approximate surface area is 138 Å². The van der Waals surface area contributed by atoms with Gasteiger partial charge in [-0.15, -0.1) is 0 Å². The summed E-state index contributed by atoms with van der Waals surface area (Å²) in [6.07, 6.45) is 3.61. The third-order valence-electron chi connectivity index (χ3n) is 3.98. The summed E-state index contributed by atoms with van der Waals surface area (Å²) in [5.74, 6) is 0.829. The Morgan fingerprint density at radius 1 is 1.30 bits per heavy atom. The smallest absolute Gasteiger partial charge is 0.312 e. The number of rotatable bonds is 4. The van der Waals surface area contributed by atoms with Gasteiger partial charge in [0.25, 0.3) is 0 Å². The van der Waals surface area contributed by atoms with Crippen molar-refractivity contribution in [3.63, 3.8) is 0 Å². The van der Waals surface area contributed by atoms with E-state index in [4.69, 9.17) is 4.74 Å². The number of esters is 1. The zero-order valence-electron chi connectivity index (χ0n) is 14.9. The van der Waals surface area contributed by atoms with E-state index in [1.807, 2.05) is 31.5 Å². The molecule has 1 atom stereocenters. The van der Waals surface area contributed by atoms with E-state index in [2.05, 4.69) is 44.0 Å². The minimum Gasteiger partial charge on any atom is -0.443 e. The maximum absolute atomic E-state index is 12.0. The Balaban J connectivity index is 2.20. The number of imidazole rings is 1. The lowest BCUT2D eigenvalue weighted by molar-refractivity contribution is -0.157. The highest BCUT2D eigenvalue weighted by molar-refractivity contribution is 5.75. The Kier molecular flexibility index (Phi) is 4.93. The maximum atomic E-state index is 12.0. The number of hydrogen-bond acceptors (Lipinski definition) is 3. The summed E-state index contributed by atoms with van der Waals surface area (Å²) in [5, 5.41) is 0. The molecule has 23 heavy (non-hydrogen) atoms. The van der Waals surface area contributed by atoms with Gasteiger partial charge in [-0.2, -0.15) is 0 Å². The molecule has 4 heteroatoms. The number of aromatic nitrogens is 2. The number of carbonyl (C=O) groups is 1. The lowest BCUT2D eigenvalue weighted by Crippen LogP contribution is -2.24. The molecule has 0 fully saturated rings. The molecule has 0 aliphatic carbocycles. The number of nitrogens with zero attached hydrogens (tertiary/aromatic N) is 2. The van der Waals surface area contributed by atoms with Crippen LogP contribution in [-0.4, -0.2) is 15.5 Å². The molecule has 2 aromatic rings. The Hall–Kier alpha value is -2.10. The molecule has 0 bridgehead atoms. The third kappa shape index (κ3) is 4.01. The number of aryl methyl sites for hydroxylation is 2. The highest BCUT2D eigenvalue weighted by atomic mass is 16.5. The van der Waals surface area contributed by atoms with Crippen molar-refractivity contribution in [2.75, 3.05) is 0 Å². The molecule has 1 heterocycles. The highest BCUT2D eigenvalue weighted by Gasteiger charge is 2.24. The maximum Gasteiger partial charge on any atom is 0.312 e. The fourth-order valence-corrected chi connectivity index (χ4v) is 2.52. The van der Waals surface area contributed by atoms with E-state index in [1.165, 1.54) is 16.7 Å². The van der Waals surface area contributed by atoms with E-state index in [9.17, 15) is 4.79 Å². The van der Waals surface area contributed by atoms with Gasteiger partial charge < -0.3 is 9.30 Å². The minimum atomic E-state index is -0.501. The largest absolute Gasteiger partial charge is 0.443 e. The van der Waals surface area contributed by atoms with Crippen LogP contribution in [0.4, 0.5) is 0 Å². The van der Waals surface area contributed by atoms with E-state index in [-0.39, 0.29) is 18.6 Å². The molecular weight excluding hydrogens is 288 g/mol. The zero-order chi connectivity index (χ0) is 17.2. The summed E-state index contributed by atoms with van der Waals surface area (Å²) < 4.78 is 7.31. The molecule has 0 spiro atoms. The Morgan fingerprint density at radius 3 is 2.65 bits per heavy atom. The number of hydrogen-bond donors (Lipinski definition) is 0. The van der Waals surface area contributed by atoms with Gasteiger partial charge in [0.1, 0.15) is 5.82 Å². The Morgan fingerprint density at radius 2 is 2.00 bits per heavy atom. The molecular formula is C19H26N2O2. The van der Waals surface area contributed by atoms with Crippen LogP contribution in [0.1, 0.15) is 56.1 Å². The molecule has 0 radical (unpaired) electrons. The second-order valence-corrected chi connectivity index (χ2v) is 7.15. The van der Waals surface area contributed by atoms with Gasteiger partial charge in [-0.25, -0.2) is 4.98 Å². The van der Waals surface area contributed by atoms with E-state index in [0.29, 0.717) is 0 Å². The molecule has 0 aliphatic heterocycles. The summed E-state index contributed by atoms with van der Waals surface area (Å²) in [6.45, 7) is 12.1. The van der Waals surface area contributed by atoms with E-state index in [0.717, 1.165) is 5.82 Å². The average Bonchev–Trinajstić information content (AvgIpc) is 2.94. The van der Waals surface area contributed by atoms with Crippen LogP contribution < -0.4 is 0 Å². The summed E-state index contributed by atoms with van der Waals surface area (Å²) in [7, 11) is 0. The van der Waals surface area contributed by atoms with Gasteiger partial charge in [-0.05, 0) is 45.7 Å². The van der Waals surface area contributed by atoms with Crippen LogP contribution in [0.25, 0.3) is 0 Å². The molecule has 1 unspecified atom stereocenters. The van der Waals surface area contributed by atoms with Crippen LogP contribution >= 0.6 is 0 Å². The van der Waals surface area contributed by atoms with Crippen molar-refractivity contribution < 1.29 is 9.53 Å². The van der Waals surface area contributed by atoms with Gasteiger partial charge in [-0.1, -0.05) is 30.7 Å². The molecule has 2 rings (SSSR count). The van der Waals surface area contributed by atoms with Crippen molar-refractivity contribution in [3.05, 3.63) is 53.1 Å². The molecule has 0 saturated heterocycles. The third-order valence-corrected chi connectivity index (χ3v) is 3.98. The number of benzene rings is 1. The summed E-state index contributed by atoms with van der Waals surface area (Å²) in [5.41, 5.74) is 3.22. The Bertz CT molecular complexity index is 696. The second kappa shape index (κ2) is 6.57. The monoisotopic (exact) mass is 314 g/mol. The fourth-order valence-electron chi connectivity index (χ4n) is 2.52. The first kappa shape index (κ1) is 17.3. The standard InChI is InChI=1S/C19H26N2O2/c1-13-7-8-14(2)16(11-13)15(3)17-20-9-10-21(17)12-23-18(22)19(4,5)6/h7-11,15H,12H2,1-6H3. The van der Waals surface area contributed by atoms with Gasteiger partial charge in [0.15, 0.2) is 6.73 Å². The van der Waals surface area contributed by atoms with E-state index < -0.39 is 5.41 Å².